The summed E-state index contributed by atoms with van der Waals surface area (Å²) in [5.41, 5.74) is 9.58. The third kappa shape index (κ3) is 8.51. The second-order valence-corrected chi connectivity index (χ2v) is 11.7. The van der Waals surface area contributed by atoms with Gasteiger partial charge >= 0.3 is 0 Å². The molecule has 1 aliphatic heterocycles. The summed E-state index contributed by atoms with van der Waals surface area (Å²) in [5.74, 6) is -1.81. The molecule has 0 bridgehead atoms. The van der Waals surface area contributed by atoms with Crippen molar-refractivity contribution in [2.24, 2.45) is 5.73 Å². The van der Waals surface area contributed by atoms with Gasteiger partial charge in [-0.2, -0.15) is 0 Å². The molecule has 1 aromatic heterocycles. The lowest BCUT2D eigenvalue weighted by Crippen LogP contribution is -2.58. The molecule has 5 rings (SSSR count). The van der Waals surface area contributed by atoms with Gasteiger partial charge in [0.2, 0.25) is 23.6 Å². The van der Waals surface area contributed by atoms with Gasteiger partial charge < -0.3 is 37.1 Å². The number of phenolic OH excluding ortho intramolecular Hbond substituents is 1. The van der Waals surface area contributed by atoms with Crippen molar-refractivity contribution in [1.29, 1.82) is 0 Å². The third-order valence-corrected chi connectivity index (χ3v) is 8.23. The van der Waals surface area contributed by atoms with Gasteiger partial charge in [-0.1, -0.05) is 60.7 Å². The highest BCUT2D eigenvalue weighted by Gasteiger charge is 2.31. The Balaban J connectivity index is 1.36. The highest BCUT2D eigenvalue weighted by Crippen LogP contribution is 2.20. The van der Waals surface area contributed by atoms with Crippen LogP contribution in [0.2, 0.25) is 0 Å². The molecule has 1 saturated heterocycles. The van der Waals surface area contributed by atoms with Gasteiger partial charge in [-0.3, -0.25) is 19.2 Å². The molecule has 4 amide bonds. The molecular formula is C35H40N6O5. The molecule has 4 atom stereocenters. The zero-order chi connectivity index (χ0) is 32.5. The Morgan fingerprint density at radius 2 is 1.52 bits per heavy atom. The van der Waals surface area contributed by atoms with Crippen LogP contribution < -0.4 is 27.0 Å². The SMILES string of the molecule is N[C@@H](Cc1ccccc1)C(=O)NC1CCCCNC(=O)[C@H](Cc2c[nH]c3ccccc23)NC(=O)C(Cc2ccc(O)cc2)NC1=O. The van der Waals surface area contributed by atoms with Crippen molar-refractivity contribution in [3.63, 3.8) is 0 Å². The number of amides is 4. The lowest BCUT2D eigenvalue weighted by atomic mass is 10.0. The molecule has 2 unspecified atom stereocenters. The standard InChI is InChI=1S/C35H40N6O5/c36-27(18-22-8-2-1-3-9-22)32(43)39-29-12-6-7-17-37-33(44)31(20-24-21-38-28-11-5-4-10-26(24)28)41-35(46)30(40-34(29)45)19-23-13-15-25(42)16-14-23/h1-5,8-11,13-16,21,27,29-31,38,42H,6-7,12,17-20,36H2,(H,37,44)(H,39,43)(H,40,45)(H,41,46)/t27-,29?,30?,31-/m0/s1. The quantitative estimate of drug-likeness (QED) is 0.158. The number of carbonyl (C=O) groups excluding carboxylic acids is 4. The summed E-state index contributed by atoms with van der Waals surface area (Å²) >= 11 is 0. The largest absolute Gasteiger partial charge is 0.508 e. The number of carbonyl (C=O) groups is 4. The molecule has 1 fully saturated rings. The molecule has 0 radical (unpaired) electrons. The van der Waals surface area contributed by atoms with Crippen LogP contribution >= 0.6 is 0 Å². The number of phenols is 1. The molecule has 11 heteroatoms. The van der Waals surface area contributed by atoms with Crippen molar-refractivity contribution in [3.8, 4) is 5.75 Å². The van der Waals surface area contributed by atoms with E-state index >= 15 is 0 Å². The Kier molecular flexibility index (Phi) is 10.7. The van der Waals surface area contributed by atoms with E-state index in [0.717, 1.165) is 22.0 Å². The molecule has 8 N–H and O–H groups in total. The maximum Gasteiger partial charge on any atom is 0.243 e. The van der Waals surface area contributed by atoms with Crippen LogP contribution in [0.3, 0.4) is 0 Å². The number of fused-ring (bicyclic) bond motifs is 1. The highest BCUT2D eigenvalue weighted by atomic mass is 16.3. The fourth-order valence-corrected chi connectivity index (χ4v) is 5.67. The van der Waals surface area contributed by atoms with E-state index in [1.165, 1.54) is 12.1 Å². The number of aromatic nitrogens is 1. The van der Waals surface area contributed by atoms with E-state index in [9.17, 15) is 24.3 Å². The van der Waals surface area contributed by atoms with Gasteiger partial charge in [0.05, 0.1) is 6.04 Å². The van der Waals surface area contributed by atoms with Gasteiger partial charge in [0.15, 0.2) is 0 Å². The van der Waals surface area contributed by atoms with Gasteiger partial charge in [-0.25, -0.2) is 0 Å². The summed E-state index contributed by atoms with van der Waals surface area (Å²) in [6, 6.07) is 19.6. The number of nitrogens with one attached hydrogen (secondary N) is 5. The van der Waals surface area contributed by atoms with Gasteiger partial charge in [-0.05, 0) is 60.6 Å². The molecular weight excluding hydrogens is 584 g/mol. The van der Waals surface area contributed by atoms with E-state index in [-0.39, 0.29) is 30.9 Å². The summed E-state index contributed by atoms with van der Waals surface area (Å²) in [7, 11) is 0. The fourth-order valence-electron chi connectivity index (χ4n) is 5.67. The normalized spacial score (nSPS) is 20.3. The minimum absolute atomic E-state index is 0.0669. The van der Waals surface area contributed by atoms with Crippen LogP contribution in [-0.2, 0) is 38.4 Å². The van der Waals surface area contributed by atoms with Crippen LogP contribution in [-0.4, -0.2) is 64.4 Å². The molecule has 46 heavy (non-hydrogen) atoms. The average Bonchev–Trinajstić information content (AvgIpc) is 3.47. The first-order chi connectivity index (χ1) is 22.3. The number of aromatic hydroxyl groups is 1. The number of hydrogen-bond acceptors (Lipinski definition) is 6. The second-order valence-electron chi connectivity index (χ2n) is 11.7. The first-order valence-corrected chi connectivity index (χ1v) is 15.6. The fraction of sp³-hybridized carbons (Fsp3) is 0.314. The van der Waals surface area contributed by atoms with Crippen molar-refractivity contribution in [2.75, 3.05) is 6.54 Å². The van der Waals surface area contributed by atoms with Crippen molar-refractivity contribution in [2.45, 2.75) is 62.7 Å². The summed E-state index contributed by atoms with van der Waals surface area (Å²) < 4.78 is 0. The Bertz CT molecular complexity index is 1660. The Hall–Kier alpha value is -5.16. The van der Waals surface area contributed by atoms with E-state index in [1.54, 1.807) is 12.1 Å². The van der Waals surface area contributed by atoms with Crippen LogP contribution in [0.5, 0.6) is 5.75 Å². The number of H-pyrrole nitrogens is 1. The molecule has 0 saturated carbocycles. The van der Waals surface area contributed by atoms with Gasteiger partial charge in [-0.15, -0.1) is 0 Å². The van der Waals surface area contributed by atoms with E-state index in [2.05, 4.69) is 26.3 Å². The lowest BCUT2D eigenvalue weighted by molar-refractivity contribution is -0.133. The minimum Gasteiger partial charge on any atom is -0.508 e. The van der Waals surface area contributed by atoms with Gasteiger partial charge in [0.25, 0.3) is 0 Å². The smallest absolute Gasteiger partial charge is 0.243 e. The number of aromatic amines is 1. The van der Waals surface area contributed by atoms with Crippen LogP contribution in [0.4, 0.5) is 0 Å². The Morgan fingerprint density at radius 3 is 2.30 bits per heavy atom. The van der Waals surface area contributed by atoms with Gasteiger partial charge in [0.1, 0.15) is 23.9 Å². The number of rotatable bonds is 8. The monoisotopic (exact) mass is 624 g/mol. The molecule has 3 aromatic carbocycles. The highest BCUT2D eigenvalue weighted by molar-refractivity contribution is 5.95. The summed E-state index contributed by atoms with van der Waals surface area (Å²) in [6.07, 6.45) is 3.84. The Labute approximate surface area is 267 Å². The first-order valence-electron chi connectivity index (χ1n) is 15.6. The summed E-state index contributed by atoms with van der Waals surface area (Å²) in [4.78, 5) is 57.3. The average molecular weight is 625 g/mol. The second kappa shape index (κ2) is 15.2. The van der Waals surface area contributed by atoms with E-state index in [0.29, 0.717) is 31.4 Å². The molecule has 2 heterocycles. The van der Waals surface area contributed by atoms with Gasteiger partial charge in [0, 0.05) is 36.5 Å². The van der Waals surface area contributed by atoms with Crippen molar-refractivity contribution in [1.82, 2.24) is 26.3 Å². The predicted molar refractivity (Wildman–Crippen MR) is 175 cm³/mol. The third-order valence-electron chi connectivity index (χ3n) is 8.23. The molecule has 0 spiro atoms. The maximum atomic E-state index is 13.9. The van der Waals surface area contributed by atoms with Crippen LogP contribution in [0.15, 0.2) is 85.1 Å². The van der Waals surface area contributed by atoms with E-state index < -0.39 is 41.9 Å². The van der Waals surface area contributed by atoms with E-state index in [4.69, 9.17) is 5.73 Å². The van der Waals surface area contributed by atoms with Crippen molar-refractivity contribution < 1.29 is 24.3 Å². The number of para-hydroxylation sites is 1. The summed E-state index contributed by atoms with van der Waals surface area (Å²) in [5, 5.41) is 22.1. The number of hydrogen-bond donors (Lipinski definition) is 7. The Morgan fingerprint density at radius 1 is 0.826 bits per heavy atom. The molecule has 0 aliphatic carbocycles. The zero-order valence-electron chi connectivity index (χ0n) is 25.5. The predicted octanol–water partition coefficient (Wildman–Crippen LogP) is 1.98. The molecule has 4 aromatic rings. The molecule has 1 aliphatic rings. The minimum atomic E-state index is -1.08. The van der Waals surface area contributed by atoms with E-state index in [1.807, 2.05) is 60.8 Å². The van der Waals surface area contributed by atoms with Crippen LogP contribution in [0.1, 0.15) is 36.0 Å². The molecule has 240 valence electrons. The topological polar surface area (TPSA) is 178 Å². The lowest BCUT2D eigenvalue weighted by Gasteiger charge is -2.25. The summed E-state index contributed by atoms with van der Waals surface area (Å²) in [6.45, 7) is 0.339. The number of nitrogens with two attached hydrogens (primary N) is 1. The van der Waals surface area contributed by atoms with Crippen LogP contribution in [0.25, 0.3) is 10.9 Å². The molecule has 11 nitrogen and oxygen atoms in total. The maximum absolute atomic E-state index is 13.9. The number of benzene rings is 3. The van der Waals surface area contributed by atoms with Crippen molar-refractivity contribution in [3.05, 3.63) is 102 Å². The zero-order valence-corrected chi connectivity index (χ0v) is 25.5. The van der Waals surface area contributed by atoms with Crippen LogP contribution in [0, 0.1) is 0 Å². The van der Waals surface area contributed by atoms with Crippen molar-refractivity contribution >= 4 is 34.5 Å². The first kappa shape index (κ1) is 32.2.